The molecule has 0 aliphatic carbocycles. The summed E-state index contributed by atoms with van der Waals surface area (Å²) < 4.78 is 3.55. The van der Waals surface area contributed by atoms with Crippen LogP contribution in [0.3, 0.4) is 0 Å². The maximum atomic E-state index is 3.64. The second-order valence-electron chi connectivity index (χ2n) is 4.21. The summed E-state index contributed by atoms with van der Waals surface area (Å²) in [7, 11) is 0. The van der Waals surface area contributed by atoms with Crippen LogP contribution in [0.4, 0.5) is 0 Å². The second kappa shape index (κ2) is 7.54. The van der Waals surface area contributed by atoms with Gasteiger partial charge >= 0.3 is 0 Å². The van der Waals surface area contributed by atoms with E-state index < -0.39 is 0 Å². The molecule has 0 fully saturated rings. The van der Waals surface area contributed by atoms with Crippen LogP contribution >= 0.6 is 65.8 Å². The molecule has 1 heterocycles. The van der Waals surface area contributed by atoms with Gasteiger partial charge in [-0.05, 0) is 91.2 Å². The third kappa shape index (κ3) is 4.27. The van der Waals surface area contributed by atoms with E-state index in [1.165, 1.54) is 14.0 Å². The van der Waals surface area contributed by atoms with Gasteiger partial charge in [-0.2, -0.15) is 0 Å². The molecule has 1 aromatic heterocycles. The van der Waals surface area contributed by atoms with Crippen LogP contribution in [0.15, 0.2) is 38.6 Å². The molecule has 5 heteroatoms. The number of nitrogens with one attached hydrogen (secondary N) is 1. The zero-order valence-corrected chi connectivity index (χ0v) is 16.6. The molecule has 2 rings (SSSR count). The molecular weight excluding hydrogens is 501 g/mol. The lowest BCUT2D eigenvalue weighted by Crippen LogP contribution is -2.22. The predicted octanol–water partition coefficient (Wildman–Crippen LogP) is 5.97. The van der Waals surface area contributed by atoms with Gasteiger partial charge in [-0.3, -0.25) is 0 Å². The number of benzene rings is 1. The summed E-state index contributed by atoms with van der Waals surface area (Å²) >= 11 is 11.3. The SMILES string of the molecule is CCCNC(c1cccc(I)c1)c1cc(Br)c(Br)s1. The summed E-state index contributed by atoms with van der Waals surface area (Å²) in [4.78, 5) is 1.33. The van der Waals surface area contributed by atoms with Crippen LogP contribution in [0.1, 0.15) is 29.8 Å². The van der Waals surface area contributed by atoms with E-state index in [0.717, 1.165) is 21.2 Å². The highest BCUT2D eigenvalue weighted by atomic mass is 127. The number of halogens is 3. The van der Waals surface area contributed by atoms with Gasteiger partial charge in [0, 0.05) is 12.9 Å². The summed E-state index contributed by atoms with van der Waals surface area (Å²) in [5.74, 6) is 0. The van der Waals surface area contributed by atoms with Gasteiger partial charge in [0.15, 0.2) is 0 Å². The van der Waals surface area contributed by atoms with Crippen molar-refractivity contribution in [1.29, 1.82) is 0 Å². The van der Waals surface area contributed by atoms with Crippen LogP contribution in [0, 0.1) is 3.57 Å². The fourth-order valence-electron chi connectivity index (χ4n) is 1.86. The largest absolute Gasteiger partial charge is 0.306 e. The minimum absolute atomic E-state index is 0.266. The molecule has 0 radical (unpaired) electrons. The average Bonchev–Trinajstić information content (AvgIpc) is 2.70. The molecule has 0 saturated carbocycles. The average molecular weight is 515 g/mol. The lowest BCUT2D eigenvalue weighted by Gasteiger charge is -2.18. The van der Waals surface area contributed by atoms with Crippen LogP contribution in [-0.2, 0) is 0 Å². The number of hydrogen-bond acceptors (Lipinski definition) is 2. The minimum Gasteiger partial charge on any atom is -0.306 e. The van der Waals surface area contributed by atoms with Gasteiger partial charge in [-0.1, -0.05) is 19.1 Å². The molecular formula is C14H14Br2INS. The standard InChI is InChI=1S/C14H14Br2INS/c1-2-6-18-13(9-4-3-5-10(17)7-9)12-8-11(15)14(16)19-12/h3-5,7-8,13,18H,2,6H2,1H3. The number of thiophene rings is 1. The highest BCUT2D eigenvalue weighted by molar-refractivity contribution is 14.1. The highest BCUT2D eigenvalue weighted by Gasteiger charge is 2.17. The molecule has 19 heavy (non-hydrogen) atoms. The van der Waals surface area contributed by atoms with Crippen LogP contribution in [0.2, 0.25) is 0 Å². The fourth-order valence-corrected chi connectivity index (χ4v) is 4.62. The molecule has 1 aromatic carbocycles. The quantitative estimate of drug-likeness (QED) is 0.485. The lowest BCUT2D eigenvalue weighted by atomic mass is 10.1. The summed E-state index contributed by atoms with van der Waals surface area (Å²) in [6.07, 6.45) is 1.13. The van der Waals surface area contributed by atoms with Crippen LogP contribution in [-0.4, -0.2) is 6.54 Å². The van der Waals surface area contributed by atoms with Gasteiger partial charge < -0.3 is 5.32 Å². The summed E-state index contributed by atoms with van der Waals surface area (Å²) in [6, 6.07) is 11.1. The summed E-state index contributed by atoms with van der Waals surface area (Å²) in [5.41, 5.74) is 1.32. The molecule has 0 spiro atoms. The molecule has 2 aromatic rings. The third-order valence-electron chi connectivity index (χ3n) is 2.73. The van der Waals surface area contributed by atoms with Crippen LogP contribution < -0.4 is 5.32 Å². The predicted molar refractivity (Wildman–Crippen MR) is 99.0 cm³/mol. The Labute approximate surface area is 148 Å². The maximum Gasteiger partial charge on any atom is 0.0843 e. The van der Waals surface area contributed by atoms with E-state index >= 15 is 0 Å². The monoisotopic (exact) mass is 513 g/mol. The van der Waals surface area contributed by atoms with Crippen molar-refractivity contribution in [3.8, 4) is 0 Å². The van der Waals surface area contributed by atoms with Crippen LogP contribution in [0.5, 0.6) is 0 Å². The zero-order valence-electron chi connectivity index (χ0n) is 10.4. The molecule has 0 aliphatic heterocycles. The maximum absolute atomic E-state index is 3.64. The Morgan fingerprint density at radius 1 is 1.32 bits per heavy atom. The molecule has 1 N–H and O–H groups in total. The van der Waals surface area contributed by atoms with Gasteiger partial charge in [0.25, 0.3) is 0 Å². The smallest absolute Gasteiger partial charge is 0.0843 e. The molecule has 102 valence electrons. The van der Waals surface area contributed by atoms with E-state index in [1.807, 2.05) is 0 Å². The van der Waals surface area contributed by atoms with Crippen molar-refractivity contribution in [3.05, 3.63) is 52.6 Å². The summed E-state index contributed by atoms with van der Waals surface area (Å²) in [6.45, 7) is 3.21. The number of hydrogen-bond donors (Lipinski definition) is 1. The molecule has 0 aliphatic rings. The molecule has 0 bridgehead atoms. The zero-order chi connectivity index (χ0) is 13.8. The first-order valence-corrected chi connectivity index (χ1v) is 9.53. The van der Waals surface area contributed by atoms with E-state index in [0.29, 0.717) is 0 Å². The molecule has 0 saturated heterocycles. The Bertz CT molecular complexity index is 537. The van der Waals surface area contributed by atoms with Gasteiger partial charge in [-0.25, -0.2) is 0 Å². The Kier molecular flexibility index (Phi) is 6.33. The van der Waals surface area contributed by atoms with Crippen molar-refractivity contribution in [2.75, 3.05) is 6.54 Å². The number of rotatable bonds is 5. The minimum atomic E-state index is 0.266. The first kappa shape index (κ1) is 15.9. The Balaban J connectivity index is 2.35. The molecule has 1 nitrogen and oxygen atoms in total. The van der Waals surface area contributed by atoms with Gasteiger partial charge in [-0.15, -0.1) is 11.3 Å². The Morgan fingerprint density at radius 3 is 2.68 bits per heavy atom. The molecule has 0 amide bonds. The van der Waals surface area contributed by atoms with Crippen molar-refractivity contribution >= 4 is 65.8 Å². The van der Waals surface area contributed by atoms with E-state index in [-0.39, 0.29) is 6.04 Å². The lowest BCUT2D eigenvalue weighted by molar-refractivity contribution is 0.605. The molecule has 1 unspecified atom stereocenters. The first-order chi connectivity index (χ1) is 9.11. The third-order valence-corrected chi connectivity index (χ3v) is 6.72. The van der Waals surface area contributed by atoms with E-state index in [2.05, 4.69) is 97.0 Å². The highest BCUT2D eigenvalue weighted by Crippen LogP contribution is 2.37. The second-order valence-corrected chi connectivity index (χ2v) is 8.71. The van der Waals surface area contributed by atoms with Crippen LogP contribution in [0.25, 0.3) is 0 Å². The normalized spacial score (nSPS) is 12.6. The van der Waals surface area contributed by atoms with Gasteiger partial charge in [0.1, 0.15) is 0 Å². The van der Waals surface area contributed by atoms with Crippen molar-refractivity contribution in [2.24, 2.45) is 0 Å². The summed E-state index contributed by atoms with van der Waals surface area (Å²) in [5, 5.41) is 3.64. The van der Waals surface area contributed by atoms with Crippen molar-refractivity contribution in [2.45, 2.75) is 19.4 Å². The van der Waals surface area contributed by atoms with Crippen molar-refractivity contribution in [1.82, 2.24) is 5.32 Å². The topological polar surface area (TPSA) is 12.0 Å². The van der Waals surface area contributed by atoms with Crippen molar-refractivity contribution in [3.63, 3.8) is 0 Å². The fraction of sp³-hybridized carbons (Fsp3) is 0.286. The van der Waals surface area contributed by atoms with E-state index in [9.17, 15) is 0 Å². The van der Waals surface area contributed by atoms with Crippen molar-refractivity contribution < 1.29 is 0 Å². The first-order valence-electron chi connectivity index (χ1n) is 6.05. The van der Waals surface area contributed by atoms with Gasteiger partial charge in [0.2, 0.25) is 0 Å². The Hall–Kier alpha value is 0.570. The Morgan fingerprint density at radius 2 is 2.11 bits per heavy atom. The van der Waals surface area contributed by atoms with E-state index in [1.54, 1.807) is 11.3 Å². The van der Waals surface area contributed by atoms with Gasteiger partial charge in [0.05, 0.1) is 9.83 Å². The van der Waals surface area contributed by atoms with E-state index in [4.69, 9.17) is 0 Å². The molecule has 1 atom stereocenters.